The van der Waals surface area contributed by atoms with E-state index in [1.165, 1.54) is 48.5 Å². The second-order valence-electron chi connectivity index (χ2n) is 12.8. The molecule has 0 aromatic heterocycles. The van der Waals surface area contributed by atoms with Crippen LogP contribution in [0.2, 0.25) is 0 Å². The Morgan fingerprint density at radius 3 is 0.683 bits per heavy atom. The number of benzene rings is 6. The molecule has 0 saturated carbocycles. The van der Waals surface area contributed by atoms with E-state index in [1.807, 2.05) is 0 Å². The summed E-state index contributed by atoms with van der Waals surface area (Å²) in [5, 5.41) is 0. The molecule has 0 bridgehead atoms. The van der Waals surface area contributed by atoms with Gasteiger partial charge in [-0.1, -0.05) is 71.3 Å². The predicted octanol–water partition coefficient (Wildman–Crippen LogP) is 15.1. The molecule has 6 aromatic carbocycles. The summed E-state index contributed by atoms with van der Waals surface area (Å²) in [6, 6.07) is 21.6. The van der Waals surface area contributed by atoms with Gasteiger partial charge in [-0.05, 0) is 97.1 Å². The molecule has 0 N–H and O–H groups in total. The Morgan fingerprint density at radius 1 is 0.300 bits per heavy atom. The molecule has 0 aliphatic heterocycles. The molecule has 0 fully saturated rings. The summed E-state index contributed by atoms with van der Waals surface area (Å²) >= 11 is 2.74. The third-order valence-corrected chi connectivity index (χ3v) is 12.9. The van der Waals surface area contributed by atoms with Crippen LogP contribution < -0.4 is 0 Å². The van der Waals surface area contributed by atoms with E-state index in [0.29, 0.717) is 47.0 Å². The highest BCUT2D eigenvalue weighted by Gasteiger charge is 2.40. The van der Waals surface area contributed by atoms with Crippen LogP contribution in [-0.4, -0.2) is 11.6 Å². The molecule has 18 heteroatoms. The zero-order valence-electron chi connectivity index (χ0n) is 29.5. The van der Waals surface area contributed by atoms with E-state index in [0.717, 1.165) is 72.8 Å². The number of fused-ring (bicyclic) bond motifs is 2. The van der Waals surface area contributed by atoms with Gasteiger partial charge in [0.15, 0.2) is 11.6 Å². The molecule has 0 heterocycles. The molecule has 2 nitrogen and oxygen atoms in total. The van der Waals surface area contributed by atoms with Crippen molar-refractivity contribution in [2.45, 2.75) is 63.9 Å². The standard InChI is InChI=1S/C42H20F12O2S4/c43-39(44,45)21-5-1-9-25(17-21)57-29-13-14-30(58-26-10-2-6-22(18-26)40(46,47)48)34-33(29)37(55)35-31(59-27-11-3-7-23(19-27)41(49,50)51)15-16-32(36(35)38(34)56)60-28-12-4-8-24(20-28)42(52,53)54/h1-20H. The molecular weight excluding hydrogens is 893 g/mol. The zero-order valence-corrected chi connectivity index (χ0v) is 32.8. The molecule has 0 spiro atoms. The Hall–Kier alpha value is -4.78. The van der Waals surface area contributed by atoms with Crippen molar-refractivity contribution >= 4 is 58.6 Å². The van der Waals surface area contributed by atoms with Crippen molar-refractivity contribution in [3.63, 3.8) is 0 Å². The smallest absolute Gasteiger partial charge is 0.288 e. The van der Waals surface area contributed by atoms with Crippen molar-refractivity contribution < 1.29 is 62.3 Å². The summed E-state index contributed by atoms with van der Waals surface area (Å²) in [5.41, 5.74) is -5.50. The predicted molar refractivity (Wildman–Crippen MR) is 202 cm³/mol. The maximum absolute atomic E-state index is 15.1. The maximum Gasteiger partial charge on any atom is 0.416 e. The van der Waals surface area contributed by atoms with Crippen LogP contribution in [0, 0.1) is 0 Å². The van der Waals surface area contributed by atoms with Crippen LogP contribution in [0.1, 0.15) is 54.1 Å². The molecule has 0 amide bonds. The van der Waals surface area contributed by atoms with Crippen molar-refractivity contribution in [2.24, 2.45) is 0 Å². The van der Waals surface area contributed by atoms with E-state index < -0.39 is 58.5 Å². The maximum atomic E-state index is 15.1. The van der Waals surface area contributed by atoms with Crippen molar-refractivity contribution in [2.75, 3.05) is 0 Å². The Bertz CT molecular complexity index is 2310. The highest BCUT2D eigenvalue weighted by Crippen LogP contribution is 2.49. The van der Waals surface area contributed by atoms with Gasteiger partial charge in [-0.15, -0.1) is 0 Å². The molecule has 0 radical (unpaired) electrons. The number of carbonyl (C=O) groups is 2. The quantitative estimate of drug-likeness (QED) is 0.141. The molecule has 0 unspecified atom stereocenters. The van der Waals surface area contributed by atoms with Crippen LogP contribution in [-0.2, 0) is 24.7 Å². The minimum absolute atomic E-state index is 0.0104. The minimum Gasteiger partial charge on any atom is -0.288 e. The number of carbonyl (C=O) groups excluding carboxylic acids is 2. The lowest BCUT2D eigenvalue weighted by Crippen LogP contribution is -2.24. The second kappa shape index (κ2) is 16.2. The summed E-state index contributed by atoms with van der Waals surface area (Å²) < 4.78 is 164. The Labute approximate surface area is 349 Å². The van der Waals surface area contributed by atoms with Crippen LogP contribution in [0.5, 0.6) is 0 Å². The van der Waals surface area contributed by atoms with Gasteiger partial charge in [-0.25, -0.2) is 0 Å². The molecule has 0 saturated heterocycles. The normalized spacial score (nSPS) is 13.3. The first kappa shape index (κ1) is 43.3. The molecule has 6 aromatic rings. The molecule has 7 rings (SSSR count). The average molecular weight is 913 g/mol. The molecule has 60 heavy (non-hydrogen) atoms. The van der Waals surface area contributed by atoms with Crippen molar-refractivity contribution in [1.82, 2.24) is 0 Å². The van der Waals surface area contributed by atoms with Gasteiger partial charge in [0, 0.05) is 61.4 Å². The van der Waals surface area contributed by atoms with E-state index >= 15 is 9.59 Å². The number of hydrogen-bond acceptors (Lipinski definition) is 6. The Kier molecular flexibility index (Phi) is 11.7. The number of alkyl halides is 12. The molecule has 0 atom stereocenters. The fourth-order valence-corrected chi connectivity index (χ4v) is 10.1. The fourth-order valence-electron chi connectivity index (χ4n) is 6.07. The van der Waals surface area contributed by atoms with Gasteiger partial charge in [0.25, 0.3) is 0 Å². The third kappa shape index (κ3) is 9.26. The van der Waals surface area contributed by atoms with Gasteiger partial charge in [-0.3, -0.25) is 9.59 Å². The van der Waals surface area contributed by atoms with Gasteiger partial charge in [0.2, 0.25) is 0 Å². The largest absolute Gasteiger partial charge is 0.416 e. The van der Waals surface area contributed by atoms with Gasteiger partial charge in [0.05, 0.1) is 22.3 Å². The van der Waals surface area contributed by atoms with E-state index in [1.54, 1.807) is 0 Å². The highest BCUT2D eigenvalue weighted by atomic mass is 32.2. The van der Waals surface area contributed by atoms with Gasteiger partial charge in [-0.2, -0.15) is 52.7 Å². The van der Waals surface area contributed by atoms with Crippen LogP contribution in [0.4, 0.5) is 52.7 Å². The number of halogens is 12. The molecule has 1 aliphatic carbocycles. The van der Waals surface area contributed by atoms with E-state index in [9.17, 15) is 52.7 Å². The Morgan fingerprint density at radius 2 is 0.500 bits per heavy atom. The summed E-state index contributed by atoms with van der Waals surface area (Å²) in [5.74, 6) is -1.83. The first-order chi connectivity index (χ1) is 28.1. The first-order valence-electron chi connectivity index (χ1n) is 16.9. The van der Waals surface area contributed by atoms with E-state index in [2.05, 4.69) is 0 Å². The average Bonchev–Trinajstić information content (AvgIpc) is 3.17. The van der Waals surface area contributed by atoms with Crippen molar-refractivity contribution in [3.8, 4) is 0 Å². The second-order valence-corrected chi connectivity index (χ2v) is 17.3. The Balaban J connectivity index is 1.44. The summed E-state index contributed by atoms with van der Waals surface area (Å²) in [4.78, 5) is 29.9. The van der Waals surface area contributed by atoms with Crippen molar-refractivity contribution in [1.29, 1.82) is 0 Å². The summed E-state index contributed by atoms with van der Waals surface area (Å²) in [6.45, 7) is 0. The molecule has 308 valence electrons. The summed E-state index contributed by atoms with van der Waals surface area (Å²) in [7, 11) is 0. The third-order valence-electron chi connectivity index (χ3n) is 8.72. The molecule has 1 aliphatic rings. The van der Waals surface area contributed by atoms with Crippen LogP contribution in [0.15, 0.2) is 160 Å². The lowest BCUT2D eigenvalue weighted by atomic mass is 9.84. The SMILES string of the molecule is O=C1c2c(Sc3cccc(C(F)(F)F)c3)ccc(Sc3cccc(C(F)(F)F)c3)c2C(=O)c2c(Sc3cccc(C(F)(F)F)c3)ccc(Sc3cccc(C(F)(F)F)c3)c21. The van der Waals surface area contributed by atoms with E-state index in [4.69, 9.17) is 0 Å². The highest BCUT2D eigenvalue weighted by molar-refractivity contribution is 8.00. The van der Waals surface area contributed by atoms with E-state index in [-0.39, 0.29) is 61.4 Å². The number of rotatable bonds is 8. The van der Waals surface area contributed by atoms with Crippen LogP contribution in [0.3, 0.4) is 0 Å². The fraction of sp³-hybridized carbons (Fsp3) is 0.0952. The topological polar surface area (TPSA) is 34.1 Å². The lowest BCUT2D eigenvalue weighted by molar-refractivity contribution is -0.138. The zero-order chi connectivity index (χ0) is 43.4. The molecular formula is C42H20F12O2S4. The van der Waals surface area contributed by atoms with Gasteiger partial charge < -0.3 is 0 Å². The minimum atomic E-state index is -4.75. The monoisotopic (exact) mass is 912 g/mol. The van der Waals surface area contributed by atoms with Crippen LogP contribution in [0.25, 0.3) is 0 Å². The first-order valence-corrected chi connectivity index (χ1v) is 20.2. The van der Waals surface area contributed by atoms with Gasteiger partial charge >= 0.3 is 24.7 Å². The lowest BCUT2D eigenvalue weighted by Gasteiger charge is -2.26. The number of hydrogen-bond donors (Lipinski definition) is 0. The number of ketones is 2. The van der Waals surface area contributed by atoms with Crippen LogP contribution >= 0.6 is 47.0 Å². The summed E-state index contributed by atoms with van der Waals surface area (Å²) in [6.07, 6.45) is -19.0. The van der Waals surface area contributed by atoms with Crippen molar-refractivity contribution in [3.05, 3.63) is 166 Å². The van der Waals surface area contributed by atoms with Gasteiger partial charge in [0.1, 0.15) is 0 Å².